The van der Waals surface area contributed by atoms with Gasteiger partial charge >= 0.3 is 0 Å². The number of anilines is 1. The largest absolute Gasteiger partial charge is 0.370 e. The molecule has 0 saturated heterocycles. The van der Waals surface area contributed by atoms with Gasteiger partial charge in [0.2, 0.25) is 11.7 Å². The van der Waals surface area contributed by atoms with Crippen molar-refractivity contribution in [3.8, 4) is 0 Å². The smallest absolute Gasteiger partial charge is 0.289 e. The Balaban J connectivity index is 1.93. The number of carbonyl (C=O) groups excluding carboxylic acids is 2. The molecule has 3 rings (SSSR count). The molecule has 1 aliphatic carbocycles. The summed E-state index contributed by atoms with van der Waals surface area (Å²) in [6.45, 7) is 7.37. The number of amides is 2. The molecule has 0 spiro atoms. The summed E-state index contributed by atoms with van der Waals surface area (Å²) in [4.78, 5) is 37.8. The second-order valence-corrected chi connectivity index (χ2v) is 9.32. The number of nitrogens with zero attached hydrogens (tertiary/aromatic N) is 3. The van der Waals surface area contributed by atoms with Crippen molar-refractivity contribution in [3.63, 3.8) is 0 Å². The summed E-state index contributed by atoms with van der Waals surface area (Å²) in [6.07, 6.45) is 3.88. The van der Waals surface area contributed by atoms with Crippen LogP contribution in [0.4, 0.5) is 5.82 Å². The van der Waals surface area contributed by atoms with Gasteiger partial charge < -0.3 is 27.4 Å². The molecule has 2 amide bonds. The Morgan fingerprint density at radius 3 is 2.61 bits per heavy atom. The maximum Gasteiger partial charge on any atom is 0.289 e. The fraction of sp³-hybridized carbons (Fsp3) is 0.522. The van der Waals surface area contributed by atoms with Crippen molar-refractivity contribution in [2.75, 3.05) is 11.9 Å². The molecule has 10 nitrogen and oxygen atoms in total. The van der Waals surface area contributed by atoms with Crippen LogP contribution in [0, 0.1) is 6.92 Å². The van der Waals surface area contributed by atoms with Gasteiger partial charge in [0.05, 0.1) is 23.1 Å². The minimum Gasteiger partial charge on any atom is -0.370 e. The molecule has 1 heterocycles. The van der Waals surface area contributed by atoms with Crippen LogP contribution in [-0.4, -0.2) is 51.9 Å². The molecule has 7 N–H and O–H groups in total. The molecule has 1 saturated carbocycles. The summed E-state index contributed by atoms with van der Waals surface area (Å²) < 4.78 is 0. The third-order valence-corrected chi connectivity index (χ3v) is 5.65. The zero-order valence-electron chi connectivity index (χ0n) is 19.7. The van der Waals surface area contributed by atoms with E-state index in [9.17, 15) is 9.59 Å². The molecule has 1 aromatic carbocycles. The van der Waals surface area contributed by atoms with E-state index in [2.05, 4.69) is 30.9 Å². The van der Waals surface area contributed by atoms with Crippen LogP contribution in [0.2, 0.25) is 0 Å². The molecule has 1 fully saturated rings. The molecule has 2 aromatic rings. The number of hydrogen-bond acceptors (Lipinski definition) is 6. The van der Waals surface area contributed by atoms with E-state index in [1.165, 1.54) is 6.92 Å². The predicted octanol–water partition coefficient (Wildman–Crippen LogP) is 1.58. The predicted molar refractivity (Wildman–Crippen MR) is 130 cm³/mol. The number of aromatic nitrogens is 2. The normalized spacial score (nSPS) is 18.4. The first-order chi connectivity index (χ1) is 15.5. The van der Waals surface area contributed by atoms with Gasteiger partial charge in [0, 0.05) is 18.9 Å². The van der Waals surface area contributed by atoms with E-state index >= 15 is 0 Å². The summed E-state index contributed by atoms with van der Waals surface area (Å²) in [5.74, 6) is 0.123. The molecule has 2 atom stereocenters. The molecular formula is C23H34N8O2. The summed E-state index contributed by atoms with van der Waals surface area (Å²) in [7, 11) is 0. The number of aryl methyl sites for hydroxylation is 1. The van der Waals surface area contributed by atoms with Crippen molar-refractivity contribution in [1.29, 1.82) is 0 Å². The Morgan fingerprint density at radius 1 is 1.18 bits per heavy atom. The van der Waals surface area contributed by atoms with E-state index in [4.69, 9.17) is 11.5 Å². The Bertz CT molecular complexity index is 1060. The lowest BCUT2D eigenvalue weighted by Crippen LogP contribution is -2.51. The summed E-state index contributed by atoms with van der Waals surface area (Å²) in [5.41, 5.74) is 12.4. The van der Waals surface area contributed by atoms with Gasteiger partial charge in [-0.1, -0.05) is 24.5 Å². The number of nitrogens with two attached hydrogens (primary N) is 2. The lowest BCUT2D eigenvalue weighted by Gasteiger charge is -2.30. The standard InChI is InChI=1S/C23H34N8O2/c1-13-9-10-16-15(11-13)19(28-17-7-5-6-8-18(17)29-22(24)25)30-20(27-16)21(33)31-23(3,4)12-26-14(2)32/h9-11,17-18H,5-8,12H2,1-4H3,(H,26,32)(H,31,33)(H4,24,25,29)(H,27,28,30)/t17-,18+/m0/s1. The Hall–Kier alpha value is -3.43. The van der Waals surface area contributed by atoms with Crippen LogP contribution < -0.4 is 27.4 Å². The van der Waals surface area contributed by atoms with Gasteiger partial charge in [-0.3, -0.25) is 9.59 Å². The zero-order chi connectivity index (χ0) is 24.2. The minimum atomic E-state index is -0.677. The van der Waals surface area contributed by atoms with Gasteiger partial charge in [-0.05, 0) is 45.7 Å². The number of aliphatic imine (C=N–C) groups is 1. The molecule has 0 bridgehead atoms. The highest BCUT2D eigenvalue weighted by Gasteiger charge is 2.28. The fourth-order valence-electron chi connectivity index (χ4n) is 4.01. The molecule has 0 radical (unpaired) electrons. The lowest BCUT2D eigenvalue weighted by molar-refractivity contribution is -0.119. The highest BCUT2D eigenvalue weighted by molar-refractivity contribution is 5.97. The second kappa shape index (κ2) is 10.0. The molecule has 0 unspecified atom stereocenters. The topological polar surface area (TPSA) is 160 Å². The maximum absolute atomic E-state index is 13.0. The van der Waals surface area contributed by atoms with Crippen LogP contribution in [0.25, 0.3) is 10.9 Å². The van der Waals surface area contributed by atoms with Crippen LogP contribution in [-0.2, 0) is 4.79 Å². The first kappa shape index (κ1) is 24.2. The van der Waals surface area contributed by atoms with Crippen molar-refractivity contribution < 1.29 is 9.59 Å². The van der Waals surface area contributed by atoms with Crippen molar-refractivity contribution in [3.05, 3.63) is 29.6 Å². The highest BCUT2D eigenvalue weighted by Crippen LogP contribution is 2.28. The van der Waals surface area contributed by atoms with Crippen LogP contribution in [0.15, 0.2) is 23.2 Å². The van der Waals surface area contributed by atoms with Gasteiger partial charge in [0.1, 0.15) is 5.82 Å². The number of rotatable bonds is 7. The van der Waals surface area contributed by atoms with E-state index in [0.29, 0.717) is 11.3 Å². The summed E-state index contributed by atoms with van der Waals surface area (Å²) >= 11 is 0. The lowest BCUT2D eigenvalue weighted by atomic mass is 9.90. The Labute approximate surface area is 194 Å². The number of carbonyl (C=O) groups is 2. The molecule has 178 valence electrons. The van der Waals surface area contributed by atoms with E-state index in [1.807, 2.05) is 39.0 Å². The van der Waals surface area contributed by atoms with E-state index in [1.54, 1.807) is 0 Å². The molecule has 1 aromatic heterocycles. The Morgan fingerprint density at radius 2 is 1.91 bits per heavy atom. The number of guanidine groups is 1. The van der Waals surface area contributed by atoms with Crippen LogP contribution in [0.3, 0.4) is 0 Å². The summed E-state index contributed by atoms with van der Waals surface area (Å²) in [5, 5.41) is 9.96. The monoisotopic (exact) mass is 454 g/mol. The number of fused-ring (bicyclic) bond motifs is 1. The minimum absolute atomic E-state index is 0.00780. The SMILES string of the molecule is CC(=O)NCC(C)(C)NC(=O)c1nc(N[C@H]2CCCC[C@H]2N=C(N)N)c2cc(C)ccc2n1. The second-order valence-electron chi connectivity index (χ2n) is 9.32. The van der Waals surface area contributed by atoms with Gasteiger partial charge in [-0.25, -0.2) is 15.0 Å². The fourth-order valence-corrected chi connectivity index (χ4v) is 4.01. The number of nitrogens with one attached hydrogen (secondary N) is 3. The average Bonchev–Trinajstić information content (AvgIpc) is 2.73. The average molecular weight is 455 g/mol. The van der Waals surface area contributed by atoms with Crippen molar-refractivity contribution >= 4 is 34.5 Å². The maximum atomic E-state index is 13.0. The molecular weight excluding hydrogens is 420 g/mol. The summed E-state index contributed by atoms with van der Waals surface area (Å²) in [6, 6.07) is 5.76. The quantitative estimate of drug-likeness (QED) is 0.313. The third-order valence-electron chi connectivity index (χ3n) is 5.65. The van der Waals surface area contributed by atoms with Crippen LogP contribution in [0.1, 0.15) is 62.6 Å². The third kappa shape index (κ3) is 6.53. The molecule has 1 aliphatic rings. The highest BCUT2D eigenvalue weighted by atomic mass is 16.2. The van der Waals surface area contributed by atoms with Gasteiger partial charge in [0.15, 0.2) is 5.96 Å². The Kier molecular flexibility index (Phi) is 7.35. The van der Waals surface area contributed by atoms with Gasteiger partial charge in [-0.15, -0.1) is 0 Å². The van der Waals surface area contributed by atoms with Crippen molar-refractivity contribution in [1.82, 2.24) is 20.6 Å². The van der Waals surface area contributed by atoms with Gasteiger partial charge in [0.25, 0.3) is 5.91 Å². The number of benzene rings is 1. The molecule has 10 heteroatoms. The first-order valence-corrected chi connectivity index (χ1v) is 11.2. The van der Waals surface area contributed by atoms with Gasteiger partial charge in [-0.2, -0.15) is 0 Å². The van der Waals surface area contributed by atoms with Crippen LogP contribution >= 0.6 is 0 Å². The van der Waals surface area contributed by atoms with E-state index in [-0.39, 0.29) is 36.3 Å². The van der Waals surface area contributed by atoms with E-state index < -0.39 is 11.4 Å². The van der Waals surface area contributed by atoms with E-state index in [0.717, 1.165) is 36.6 Å². The van der Waals surface area contributed by atoms with Crippen molar-refractivity contribution in [2.24, 2.45) is 16.5 Å². The number of hydrogen-bond donors (Lipinski definition) is 5. The zero-order valence-corrected chi connectivity index (χ0v) is 19.7. The first-order valence-electron chi connectivity index (χ1n) is 11.2. The molecule has 33 heavy (non-hydrogen) atoms. The van der Waals surface area contributed by atoms with Crippen molar-refractivity contribution in [2.45, 2.75) is 71.0 Å². The molecule has 0 aliphatic heterocycles. The van der Waals surface area contributed by atoms with Crippen LogP contribution in [0.5, 0.6) is 0 Å².